The van der Waals surface area contributed by atoms with E-state index >= 15 is 0 Å². The summed E-state index contributed by atoms with van der Waals surface area (Å²) in [6.07, 6.45) is 1.21. The minimum absolute atomic E-state index is 0.0194. The van der Waals surface area contributed by atoms with Crippen LogP contribution in [0.4, 0.5) is 5.13 Å². The smallest absolute Gasteiger partial charge is 0.363 e. The number of hydrogen-bond donors (Lipinski definition) is 3. The first-order valence-corrected chi connectivity index (χ1v) is 10.5. The average molecular weight is 449 g/mol. The standard InChI is InChI=1S/C14H19N5O8S2/c1-3-4-5-27-13(22)10-9(12(21)19(10)29(23,24)25)17-11(20)8(18-26-2)7-6-28-14(15)16-7/h6,9-10H,3-5H2,1-2H3,(H2,15,16)(H,17,20)(H,23,24,25). The number of carbonyl (C=O) groups is 3. The zero-order valence-electron chi connectivity index (χ0n) is 15.4. The molecule has 2 rings (SSSR count). The predicted molar refractivity (Wildman–Crippen MR) is 100 cm³/mol. The molecule has 2 unspecified atom stereocenters. The number of nitrogens with one attached hydrogen (secondary N) is 1. The fraction of sp³-hybridized carbons (Fsp3) is 0.500. The van der Waals surface area contributed by atoms with Gasteiger partial charge in [-0.1, -0.05) is 18.5 Å². The molecule has 1 aromatic rings. The van der Waals surface area contributed by atoms with Gasteiger partial charge in [0, 0.05) is 5.38 Å². The van der Waals surface area contributed by atoms with Gasteiger partial charge < -0.3 is 20.6 Å². The lowest BCUT2D eigenvalue weighted by atomic mass is 9.98. The highest BCUT2D eigenvalue weighted by molar-refractivity contribution is 7.84. The van der Waals surface area contributed by atoms with Gasteiger partial charge in [-0.15, -0.1) is 11.3 Å². The Balaban J connectivity index is 2.23. The van der Waals surface area contributed by atoms with Crippen LogP contribution in [0.1, 0.15) is 25.5 Å². The number of esters is 1. The molecule has 0 spiro atoms. The maximum absolute atomic E-state index is 12.5. The van der Waals surface area contributed by atoms with Gasteiger partial charge in [-0.2, -0.15) is 12.7 Å². The molecule has 0 radical (unpaired) electrons. The molecule has 15 heteroatoms. The fourth-order valence-corrected chi connectivity index (χ4v) is 3.78. The summed E-state index contributed by atoms with van der Waals surface area (Å²) in [5.41, 5.74) is 5.22. The van der Waals surface area contributed by atoms with Gasteiger partial charge in [-0.25, -0.2) is 9.78 Å². The number of aromatic nitrogens is 1. The monoisotopic (exact) mass is 449 g/mol. The van der Waals surface area contributed by atoms with Crippen molar-refractivity contribution in [1.82, 2.24) is 14.6 Å². The van der Waals surface area contributed by atoms with E-state index < -0.39 is 40.2 Å². The second-order valence-corrected chi connectivity index (χ2v) is 7.90. The van der Waals surface area contributed by atoms with Crippen LogP contribution in [-0.2, 0) is 34.3 Å². The summed E-state index contributed by atoms with van der Waals surface area (Å²) >= 11 is 1.02. The molecule has 0 aromatic carbocycles. The predicted octanol–water partition coefficient (Wildman–Crippen LogP) is -1.08. The lowest BCUT2D eigenvalue weighted by Gasteiger charge is -2.42. The van der Waals surface area contributed by atoms with Gasteiger partial charge in [0.2, 0.25) is 0 Å². The Morgan fingerprint density at radius 3 is 2.69 bits per heavy atom. The molecule has 4 N–H and O–H groups in total. The van der Waals surface area contributed by atoms with Gasteiger partial charge >= 0.3 is 16.3 Å². The number of β-lactam (4-membered cyclic amide) rings is 1. The highest BCUT2D eigenvalue weighted by atomic mass is 32.2. The Bertz CT molecular complexity index is 928. The third-order valence-corrected chi connectivity index (χ3v) is 5.31. The Hall–Kier alpha value is -2.78. The van der Waals surface area contributed by atoms with Crippen LogP contribution in [0, 0.1) is 0 Å². The Kier molecular flexibility index (Phi) is 7.10. The number of oxime groups is 1. The number of amides is 2. The third-order valence-electron chi connectivity index (χ3n) is 3.73. The first kappa shape index (κ1) is 22.5. The summed E-state index contributed by atoms with van der Waals surface area (Å²) in [5.74, 6) is -3.28. The quantitative estimate of drug-likeness (QED) is 0.104. The van der Waals surface area contributed by atoms with Crippen LogP contribution in [0.3, 0.4) is 0 Å². The molecule has 0 aliphatic carbocycles. The minimum Gasteiger partial charge on any atom is -0.464 e. The zero-order chi connectivity index (χ0) is 21.8. The van der Waals surface area contributed by atoms with Crippen LogP contribution in [0.25, 0.3) is 0 Å². The maximum atomic E-state index is 12.5. The highest BCUT2D eigenvalue weighted by Crippen LogP contribution is 2.25. The molecule has 2 heterocycles. The Morgan fingerprint density at radius 2 is 2.17 bits per heavy atom. The summed E-state index contributed by atoms with van der Waals surface area (Å²) in [6, 6.07) is -3.36. The van der Waals surface area contributed by atoms with E-state index in [0.29, 0.717) is 12.8 Å². The first-order valence-electron chi connectivity index (χ1n) is 8.22. The fourth-order valence-electron chi connectivity index (χ4n) is 2.40. The molecule has 1 fully saturated rings. The molecule has 2 amide bonds. The van der Waals surface area contributed by atoms with Gasteiger partial charge in [-0.3, -0.25) is 14.1 Å². The molecule has 13 nitrogen and oxygen atoms in total. The summed E-state index contributed by atoms with van der Waals surface area (Å²) in [6.45, 7) is 1.82. The minimum atomic E-state index is -5.04. The van der Waals surface area contributed by atoms with E-state index in [1.807, 2.05) is 6.92 Å². The lowest BCUT2D eigenvalue weighted by Crippen LogP contribution is -2.75. The molecule has 1 aromatic heterocycles. The number of rotatable bonds is 9. The molecule has 2 atom stereocenters. The SMILES string of the molecule is CCCCOC(=O)C1C(NC(=O)C(=NOC)c2csc(N)n2)C(=O)N1S(=O)(=O)O. The molecule has 160 valence electrons. The topological polar surface area (TPSA) is 191 Å². The van der Waals surface area contributed by atoms with E-state index in [-0.39, 0.29) is 27.4 Å². The largest absolute Gasteiger partial charge is 0.464 e. The molecule has 1 aliphatic rings. The molecule has 1 aliphatic heterocycles. The van der Waals surface area contributed by atoms with Crippen molar-refractivity contribution in [3.05, 3.63) is 11.1 Å². The lowest BCUT2D eigenvalue weighted by molar-refractivity contribution is -0.164. The summed E-state index contributed by atoms with van der Waals surface area (Å²) < 4.78 is 37.0. The van der Waals surface area contributed by atoms with E-state index in [9.17, 15) is 27.4 Å². The molecule has 1 saturated heterocycles. The molecule has 0 bridgehead atoms. The van der Waals surface area contributed by atoms with E-state index in [0.717, 1.165) is 11.3 Å². The van der Waals surface area contributed by atoms with Crippen LogP contribution in [0.5, 0.6) is 0 Å². The van der Waals surface area contributed by atoms with Crippen molar-refractivity contribution in [3.8, 4) is 0 Å². The van der Waals surface area contributed by atoms with Crippen LogP contribution >= 0.6 is 11.3 Å². The van der Waals surface area contributed by atoms with Crippen molar-refractivity contribution in [2.24, 2.45) is 5.16 Å². The van der Waals surface area contributed by atoms with Gasteiger partial charge in [0.1, 0.15) is 18.8 Å². The number of nitrogens with two attached hydrogens (primary N) is 1. The number of thiazole rings is 1. The van der Waals surface area contributed by atoms with Crippen molar-refractivity contribution in [2.45, 2.75) is 31.8 Å². The van der Waals surface area contributed by atoms with Gasteiger partial charge in [0.25, 0.3) is 11.8 Å². The first-order chi connectivity index (χ1) is 13.6. The van der Waals surface area contributed by atoms with Crippen molar-refractivity contribution in [3.63, 3.8) is 0 Å². The molecule has 0 saturated carbocycles. The van der Waals surface area contributed by atoms with Crippen LogP contribution in [0.2, 0.25) is 0 Å². The Morgan fingerprint density at radius 1 is 1.48 bits per heavy atom. The summed E-state index contributed by atoms with van der Waals surface area (Å²) in [5, 5.41) is 7.27. The number of ether oxygens (including phenoxy) is 1. The van der Waals surface area contributed by atoms with Gasteiger partial charge in [-0.05, 0) is 6.42 Å². The third kappa shape index (κ3) is 4.99. The van der Waals surface area contributed by atoms with Crippen LogP contribution in [0.15, 0.2) is 10.5 Å². The van der Waals surface area contributed by atoms with Crippen molar-refractivity contribution < 1.29 is 36.9 Å². The van der Waals surface area contributed by atoms with Gasteiger partial charge in [0.05, 0.1) is 6.61 Å². The van der Waals surface area contributed by atoms with Crippen LogP contribution in [-0.4, -0.2) is 71.6 Å². The number of nitrogen functional groups attached to an aromatic ring is 1. The number of hydrogen-bond acceptors (Lipinski definition) is 11. The van der Waals surface area contributed by atoms with Crippen molar-refractivity contribution >= 4 is 50.3 Å². The average Bonchev–Trinajstić information content (AvgIpc) is 3.06. The normalized spacial score (nSPS) is 19.5. The number of nitrogens with zero attached hydrogens (tertiary/aromatic N) is 3. The maximum Gasteiger partial charge on any atom is 0.363 e. The molecular formula is C14H19N5O8S2. The number of carbonyl (C=O) groups excluding carboxylic acids is 3. The molecular weight excluding hydrogens is 430 g/mol. The van der Waals surface area contributed by atoms with E-state index in [4.69, 9.17) is 10.5 Å². The van der Waals surface area contributed by atoms with Crippen molar-refractivity contribution in [1.29, 1.82) is 0 Å². The van der Waals surface area contributed by atoms with Crippen LogP contribution < -0.4 is 11.1 Å². The second-order valence-electron chi connectivity index (χ2n) is 5.72. The number of unbranched alkanes of at least 4 members (excludes halogenated alkanes) is 1. The van der Waals surface area contributed by atoms with E-state index in [1.54, 1.807) is 0 Å². The number of anilines is 1. The summed E-state index contributed by atoms with van der Waals surface area (Å²) in [7, 11) is -3.87. The molecule has 29 heavy (non-hydrogen) atoms. The second kappa shape index (κ2) is 9.15. The van der Waals surface area contributed by atoms with E-state index in [1.165, 1.54) is 12.5 Å². The van der Waals surface area contributed by atoms with Crippen molar-refractivity contribution in [2.75, 3.05) is 19.5 Å². The Labute approximate surface area is 169 Å². The zero-order valence-corrected chi connectivity index (χ0v) is 17.0. The van der Waals surface area contributed by atoms with E-state index in [2.05, 4.69) is 20.3 Å². The van der Waals surface area contributed by atoms with Gasteiger partial charge in [0.15, 0.2) is 16.9 Å². The summed E-state index contributed by atoms with van der Waals surface area (Å²) in [4.78, 5) is 45.4. The highest BCUT2D eigenvalue weighted by Gasteiger charge is 2.58.